The maximum Gasteiger partial charge on any atom is 0.305 e. The molecule has 0 aromatic carbocycles. The third kappa shape index (κ3) is 2.92. The molecule has 0 aromatic heterocycles. The summed E-state index contributed by atoms with van der Waals surface area (Å²) in [5, 5.41) is 11.5. The molecule has 2 fully saturated rings. The number of carboxylic acids is 1. The Bertz CT molecular complexity index is 418. The molecule has 20 heavy (non-hydrogen) atoms. The first kappa shape index (κ1) is 14.8. The van der Waals surface area contributed by atoms with Gasteiger partial charge in [0.25, 0.3) is 0 Å². The number of amides is 2. The van der Waals surface area contributed by atoms with Crippen molar-refractivity contribution in [2.45, 2.75) is 50.1 Å². The molecule has 0 aromatic rings. The third-order valence-corrected chi connectivity index (χ3v) is 4.13. The molecule has 1 unspecified atom stereocenters. The fourth-order valence-electron chi connectivity index (χ4n) is 3.01. The van der Waals surface area contributed by atoms with Crippen molar-refractivity contribution in [3.63, 3.8) is 0 Å². The number of hydrogen-bond donors (Lipinski definition) is 3. The zero-order valence-corrected chi connectivity index (χ0v) is 11.4. The Morgan fingerprint density at radius 2 is 2.00 bits per heavy atom. The fraction of sp³-hybridized carbons (Fsp3) is 0.769. The number of piperazine rings is 1. The molecule has 1 atom stereocenters. The second-order valence-corrected chi connectivity index (χ2v) is 5.62. The van der Waals surface area contributed by atoms with Crippen LogP contribution in [0.2, 0.25) is 0 Å². The minimum atomic E-state index is -1.10. The van der Waals surface area contributed by atoms with Gasteiger partial charge in [-0.1, -0.05) is 19.3 Å². The van der Waals surface area contributed by atoms with E-state index in [0.717, 1.165) is 19.3 Å². The Morgan fingerprint density at radius 3 is 2.60 bits per heavy atom. The van der Waals surface area contributed by atoms with Gasteiger partial charge in [0.15, 0.2) is 0 Å². The normalized spacial score (nSPS) is 25.9. The van der Waals surface area contributed by atoms with Crippen LogP contribution in [0.5, 0.6) is 0 Å². The molecular formula is C13H21N3O4. The van der Waals surface area contributed by atoms with Gasteiger partial charge in [0.1, 0.15) is 6.04 Å². The molecule has 4 N–H and O–H groups in total. The van der Waals surface area contributed by atoms with Crippen molar-refractivity contribution < 1.29 is 19.5 Å². The highest BCUT2D eigenvalue weighted by Gasteiger charge is 2.43. The molecule has 2 aliphatic rings. The van der Waals surface area contributed by atoms with Crippen molar-refractivity contribution in [1.29, 1.82) is 0 Å². The van der Waals surface area contributed by atoms with E-state index in [1.165, 1.54) is 4.90 Å². The van der Waals surface area contributed by atoms with Crippen LogP contribution in [0.1, 0.15) is 38.5 Å². The number of carbonyl (C=O) groups is 3. The molecule has 0 spiro atoms. The van der Waals surface area contributed by atoms with Gasteiger partial charge in [-0.2, -0.15) is 0 Å². The van der Waals surface area contributed by atoms with Crippen LogP contribution in [0.3, 0.4) is 0 Å². The number of carbonyl (C=O) groups excluding carboxylic acids is 2. The summed E-state index contributed by atoms with van der Waals surface area (Å²) in [6.45, 7) is 0.665. The van der Waals surface area contributed by atoms with E-state index in [4.69, 9.17) is 10.8 Å². The monoisotopic (exact) mass is 283 g/mol. The van der Waals surface area contributed by atoms with Crippen LogP contribution in [0.25, 0.3) is 0 Å². The molecule has 1 aliphatic heterocycles. The molecule has 7 nitrogen and oxygen atoms in total. The molecule has 1 saturated carbocycles. The van der Waals surface area contributed by atoms with Gasteiger partial charge in [-0.15, -0.1) is 0 Å². The first-order chi connectivity index (χ1) is 9.44. The molecule has 1 saturated heterocycles. The number of nitrogens with two attached hydrogens (primary N) is 1. The van der Waals surface area contributed by atoms with E-state index in [0.29, 0.717) is 25.9 Å². The summed E-state index contributed by atoms with van der Waals surface area (Å²) in [7, 11) is 0. The second kappa shape index (κ2) is 5.78. The van der Waals surface area contributed by atoms with Crippen molar-refractivity contribution >= 4 is 17.8 Å². The van der Waals surface area contributed by atoms with E-state index in [2.05, 4.69) is 5.32 Å². The Hall–Kier alpha value is -1.63. The van der Waals surface area contributed by atoms with Gasteiger partial charge in [0.05, 0.1) is 12.0 Å². The lowest BCUT2D eigenvalue weighted by Crippen LogP contribution is -2.65. The van der Waals surface area contributed by atoms with E-state index < -0.39 is 23.5 Å². The number of carboxylic acid groups (broad SMARTS) is 1. The second-order valence-electron chi connectivity index (χ2n) is 5.62. The van der Waals surface area contributed by atoms with Crippen LogP contribution >= 0.6 is 0 Å². The molecular weight excluding hydrogens is 262 g/mol. The van der Waals surface area contributed by atoms with Crippen LogP contribution in [0.4, 0.5) is 0 Å². The van der Waals surface area contributed by atoms with Crippen molar-refractivity contribution in [3.05, 3.63) is 0 Å². The van der Waals surface area contributed by atoms with Crippen LogP contribution in [-0.4, -0.2) is 52.5 Å². The zero-order chi connectivity index (χ0) is 14.8. The average molecular weight is 283 g/mol. The standard InChI is InChI=1S/C13H21N3O4/c14-13(4-2-1-3-5-13)12(20)16-7-6-15-11(19)9(16)8-10(17)18/h9H,1-8,14H2,(H,15,19)(H,17,18). The van der Waals surface area contributed by atoms with Gasteiger partial charge in [-0.25, -0.2) is 0 Å². The predicted octanol–water partition coefficient (Wildman–Crippen LogP) is -0.550. The lowest BCUT2D eigenvalue weighted by Gasteiger charge is -2.41. The summed E-state index contributed by atoms with van der Waals surface area (Å²) in [5.74, 6) is -1.79. The molecule has 1 aliphatic carbocycles. The van der Waals surface area contributed by atoms with Crippen molar-refractivity contribution in [2.75, 3.05) is 13.1 Å². The average Bonchev–Trinajstić information content (AvgIpc) is 2.41. The first-order valence-electron chi connectivity index (χ1n) is 7.03. The molecule has 0 bridgehead atoms. The number of hydrogen-bond acceptors (Lipinski definition) is 4. The maximum atomic E-state index is 12.6. The lowest BCUT2D eigenvalue weighted by atomic mass is 9.81. The van der Waals surface area contributed by atoms with Gasteiger partial charge in [-0.05, 0) is 12.8 Å². The molecule has 7 heteroatoms. The Balaban J connectivity index is 2.16. The lowest BCUT2D eigenvalue weighted by molar-refractivity contribution is -0.152. The highest BCUT2D eigenvalue weighted by Crippen LogP contribution is 2.29. The number of nitrogens with zero attached hydrogens (tertiary/aromatic N) is 1. The third-order valence-electron chi connectivity index (χ3n) is 4.13. The van der Waals surface area contributed by atoms with Crippen molar-refractivity contribution in [2.24, 2.45) is 5.73 Å². The van der Waals surface area contributed by atoms with Crippen LogP contribution in [-0.2, 0) is 14.4 Å². The van der Waals surface area contributed by atoms with Crippen LogP contribution in [0.15, 0.2) is 0 Å². The molecule has 2 amide bonds. The zero-order valence-electron chi connectivity index (χ0n) is 11.4. The summed E-state index contributed by atoms with van der Waals surface area (Å²) in [6, 6.07) is -0.948. The Morgan fingerprint density at radius 1 is 1.35 bits per heavy atom. The SMILES string of the molecule is NC1(C(=O)N2CCNC(=O)C2CC(=O)O)CCCCC1. The van der Waals surface area contributed by atoms with Crippen LogP contribution in [0, 0.1) is 0 Å². The van der Waals surface area contributed by atoms with Crippen molar-refractivity contribution in [1.82, 2.24) is 10.2 Å². The maximum absolute atomic E-state index is 12.6. The van der Waals surface area contributed by atoms with Gasteiger partial charge in [0.2, 0.25) is 11.8 Å². The van der Waals surface area contributed by atoms with E-state index in [1.807, 2.05) is 0 Å². The molecule has 112 valence electrons. The summed E-state index contributed by atoms with van der Waals surface area (Å²) < 4.78 is 0. The van der Waals surface area contributed by atoms with E-state index in [9.17, 15) is 14.4 Å². The topological polar surface area (TPSA) is 113 Å². The van der Waals surface area contributed by atoms with E-state index in [-0.39, 0.29) is 12.3 Å². The Kier molecular flexibility index (Phi) is 4.27. The summed E-state index contributed by atoms with van der Waals surface area (Å²) in [6.07, 6.45) is 3.67. The minimum absolute atomic E-state index is 0.279. The Labute approximate surface area is 117 Å². The predicted molar refractivity (Wildman–Crippen MR) is 70.8 cm³/mol. The molecule has 1 heterocycles. The minimum Gasteiger partial charge on any atom is -0.481 e. The first-order valence-corrected chi connectivity index (χ1v) is 7.03. The van der Waals surface area contributed by atoms with E-state index in [1.54, 1.807) is 0 Å². The summed E-state index contributed by atoms with van der Waals surface area (Å²) in [5.41, 5.74) is 5.26. The highest BCUT2D eigenvalue weighted by molar-refractivity contribution is 5.94. The van der Waals surface area contributed by atoms with Gasteiger partial charge in [-0.3, -0.25) is 14.4 Å². The summed E-state index contributed by atoms with van der Waals surface area (Å²) >= 11 is 0. The van der Waals surface area contributed by atoms with Gasteiger partial charge < -0.3 is 21.1 Å². The smallest absolute Gasteiger partial charge is 0.305 e. The summed E-state index contributed by atoms with van der Waals surface area (Å²) in [4.78, 5) is 36.7. The molecule has 2 rings (SSSR count). The number of nitrogens with one attached hydrogen (secondary N) is 1. The quantitative estimate of drug-likeness (QED) is 0.643. The fourth-order valence-corrected chi connectivity index (χ4v) is 3.01. The number of aliphatic carboxylic acids is 1. The van der Waals surface area contributed by atoms with E-state index >= 15 is 0 Å². The van der Waals surface area contributed by atoms with Crippen molar-refractivity contribution in [3.8, 4) is 0 Å². The van der Waals surface area contributed by atoms with Gasteiger partial charge in [0, 0.05) is 13.1 Å². The number of rotatable bonds is 3. The molecule has 0 radical (unpaired) electrons. The highest BCUT2D eigenvalue weighted by atomic mass is 16.4. The largest absolute Gasteiger partial charge is 0.481 e. The van der Waals surface area contributed by atoms with Crippen LogP contribution < -0.4 is 11.1 Å². The van der Waals surface area contributed by atoms with Gasteiger partial charge >= 0.3 is 5.97 Å².